The number of H-pyrrole nitrogens is 1. The number of nitrogens with one attached hydrogen (secondary N) is 2. The molecule has 2 amide bonds. The third-order valence-electron chi connectivity index (χ3n) is 3.92. The molecule has 126 valence electrons. The molecule has 0 bridgehead atoms. The second-order valence-corrected chi connectivity index (χ2v) is 6.01. The first-order valence-corrected chi connectivity index (χ1v) is 8.01. The van der Waals surface area contributed by atoms with Crippen molar-refractivity contribution in [1.29, 1.82) is 0 Å². The molecule has 2 heterocycles. The number of hydrogen-bond acceptors (Lipinski definition) is 3. The van der Waals surface area contributed by atoms with Crippen LogP contribution in [0.1, 0.15) is 38.3 Å². The van der Waals surface area contributed by atoms with Crippen LogP contribution in [0.4, 0.5) is 4.79 Å². The van der Waals surface area contributed by atoms with Gasteiger partial charge in [-0.15, -0.1) is 0 Å². The molecule has 0 unspecified atom stereocenters. The van der Waals surface area contributed by atoms with E-state index in [0.29, 0.717) is 21.7 Å². The fourth-order valence-corrected chi connectivity index (χ4v) is 2.83. The highest BCUT2D eigenvalue weighted by Crippen LogP contribution is 2.26. The van der Waals surface area contributed by atoms with Crippen LogP contribution in [0.5, 0.6) is 0 Å². The number of halogens is 1. The molecule has 8 heteroatoms. The number of aromatic nitrogens is 3. The van der Waals surface area contributed by atoms with Gasteiger partial charge in [0, 0.05) is 38.4 Å². The molecular formula is C15H22ClN5O2. The number of hydrogen-bond donors (Lipinski definition) is 2. The van der Waals surface area contributed by atoms with Gasteiger partial charge in [0.25, 0.3) is 0 Å². The van der Waals surface area contributed by atoms with Crippen LogP contribution in [0.25, 0.3) is 11.2 Å². The third-order valence-corrected chi connectivity index (χ3v) is 4.25. The average Bonchev–Trinajstić information content (AvgIpc) is 2.84. The van der Waals surface area contributed by atoms with Crippen molar-refractivity contribution in [2.24, 2.45) is 0 Å². The van der Waals surface area contributed by atoms with E-state index in [9.17, 15) is 9.59 Å². The minimum absolute atomic E-state index is 0.0554. The maximum Gasteiger partial charge on any atom is 0.327 e. The lowest BCUT2D eigenvalue weighted by molar-refractivity contribution is 0.217. The Bertz CT molecular complexity index is 761. The maximum absolute atomic E-state index is 12.3. The summed E-state index contributed by atoms with van der Waals surface area (Å²) in [5, 5.41) is 3.21. The summed E-state index contributed by atoms with van der Waals surface area (Å²) >= 11 is 6.28. The zero-order chi connectivity index (χ0) is 17.1. The highest BCUT2D eigenvalue weighted by Gasteiger charge is 2.20. The van der Waals surface area contributed by atoms with E-state index in [-0.39, 0.29) is 24.3 Å². The highest BCUT2D eigenvalue weighted by atomic mass is 35.5. The zero-order valence-corrected chi connectivity index (χ0v) is 14.6. The quantitative estimate of drug-likeness (QED) is 0.878. The molecule has 7 nitrogen and oxygen atoms in total. The van der Waals surface area contributed by atoms with Crippen LogP contribution >= 0.6 is 11.6 Å². The number of nitrogens with zero attached hydrogens (tertiary/aromatic N) is 3. The SMILES string of the molecule is CCC(CC)n1c(=O)[nH]c2ncc(Cl)c(CNC(=O)N(C)C)c21. The van der Waals surface area contributed by atoms with Crippen LogP contribution in [-0.2, 0) is 6.54 Å². The van der Waals surface area contributed by atoms with Gasteiger partial charge in [-0.2, -0.15) is 0 Å². The normalized spacial score (nSPS) is 11.2. The molecule has 0 fully saturated rings. The lowest BCUT2D eigenvalue weighted by Gasteiger charge is -2.17. The molecule has 0 aliphatic carbocycles. The Kier molecular flexibility index (Phi) is 5.30. The van der Waals surface area contributed by atoms with Gasteiger partial charge in [-0.1, -0.05) is 25.4 Å². The van der Waals surface area contributed by atoms with E-state index in [1.54, 1.807) is 18.7 Å². The number of imidazole rings is 1. The van der Waals surface area contributed by atoms with E-state index in [4.69, 9.17) is 11.6 Å². The number of rotatable bonds is 5. The van der Waals surface area contributed by atoms with Crippen LogP contribution in [0.15, 0.2) is 11.0 Å². The van der Waals surface area contributed by atoms with E-state index in [1.807, 2.05) is 13.8 Å². The van der Waals surface area contributed by atoms with Gasteiger partial charge < -0.3 is 10.2 Å². The van der Waals surface area contributed by atoms with E-state index in [2.05, 4.69) is 15.3 Å². The van der Waals surface area contributed by atoms with Gasteiger partial charge in [0.2, 0.25) is 0 Å². The first-order valence-electron chi connectivity index (χ1n) is 7.63. The van der Waals surface area contributed by atoms with E-state index in [1.165, 1.54) is 11.1 Å². The molecule has 0 atom stereocenters. The molecule has 0 aliphatic rings. The van der Waals surface area contributed by atoms with E-state index in [0.717, 1.165) is 12.8 Å². The van der Waals surface area contributed by atoms with Crippen molar-refractivity contribution in [3.05, 3.63) is 27.3 Å². The van der Waals surface area contributed by atoms with Crippen LogP contribution in [-0.4, -0.2) is 39.6 Å². The van der Waals surface area contributed by atoms with Crippen molar-refractivity contribution >= 4 is 28.8 Å². The molecule has 0 radical (unpaired) electrons. The Hall–Kier alpha value is -2.02. The van der Waals surface area contributed by atoms with Gasteiger partial charge in [0.05, 0.1) is 10.5 Å². The number of urea groups is 1. The third kappa shape index (κ3) is 3.34. The summed E-state index contributed by atoms with van der Waals surface area (Å²) in [6, 6.07) is -0.169. The summed E-state index contributed by atoms with van der Waals surface area (Å²) < 4.78 is 1.70. The Labute approximate surface area is 139 Å². The number of carbonyl (C=O) groups is 1. The van der Waals surface area contributed by atoms with Gasteiger partial charge in [0.15, 0.2) is 5.65 Å². The number of aromatic amines is 1. The zero-order valence-electron chi connectivity index (χ0n) is 13.8. The molecule has 0 spiro atoms. The minimum atomic E-state index is -0.224. The molecule has 0 saturated carbocycles. The molecule has 2 aromatic heterocycles. The van der Waals surface area contributed by atoms with Gasteiger partial charge in [-0.05, 0) is 12.8 Å². The van der Waals surface area contributed by atoms with Crippen LogP contribution < -0.4 is 11.0 Å². The van der Waals surface area contributed by atoms with Gasteiger partial charge >= 0.3 is 11.7 Å². The molecule has 0 saturated heterocycles. The van der Waals surface area contributed by atoms with Crippen molar-refractivity contribution in [1.82, 2.24) is 24.8 Å². The predicted molar refractivity (Wildman–Crippen MR) is 90.9 cm³/mol. The molecule has 2 aromatic rings. The first-order chi connectivity index (χ1) is 10.9. The van der Waals surface area contributed by atoms with Crippen molar-refractivity contribution in [2.75, 3.05) is 14.1 Å². The maximum atomic E-state index is 12.3. The summed E-state index contributed by atoms with van der Waals surface area (Å²) in [5.41, 5.74) is 1.64. The monoisotopic (exact) mass is 339 g/mol. The smallest absolute Gasteiger partial charge is 0.327 e. The molecular weight excluding hydrogens is 318 g/mol. The number of pyridine rings is 1. The van der Waals surface area contributed by atoms with E-state index >= 15 is 0 Å². The molecule has 2 rings (SSSR count). The summed E-state index contributed by atoms with van der Waals surface area (Å²) in [6.45, 7) is 4.29. The Morgan fingerprint density at radius 1 is 1.43 bits per heavy atom. The van der Waals surface area contributed by atoms with E-state index < -0.39 is 0 Å². The molecule has 23 heavy (non-hydrogen) atoms. The average molecular weight is 340 g/mol. The lowest BCUT2D eigenvalue weighted by atomic mass is 10.1. The molecule has 0 aliphatic heterocycles. The van der Waals surface area contributed by atoms with Crippen LogP contribution in [0, 0.1) is 0 Å². The Morgan fingerprint density at radius 3 is 2.65 bits per heavy atom. The van der Waals surface area contributed by atoms with Gasteiger partial charge in [-0.3, -0.25) is 9.55 Å². The van der Waals surface area contributed by atoms with Crippen molar-refractivity contribution in [3.8, 4) is 0 Å². The van der Waals surface area contributed by atoms with Crippen molar-refractivity contribution in [2.45, 2.75) is 39.3 Å². The summed E-state index contributed by atoms with van der Waals surface area (Å²) in [4.78, 5) is 32.5. The summed E-state index contributed by atoms with van der Waals surface area (Å²) in [6.07, 6.45) is 3.13. The van der Waals surface area contributed by atoms with Gasteiger partial charge in [0.1, 0.15) is 0 Å². The number of fused-ring (bicyclic) bond motifs is 1. The lowest BCUT2D eigenvalue weighted by Crippen LogP contribution is -2.34. The summed E-state index contributed by atoms with van der Waals surface area (Å²) in [5.74, 6) is 0. The van der Waals surface area contributed by atoms with Crippen molar-refractivity contribution in [3.63, 3.8) is 0 Å². The van der Waals surface area contributed by atoms with Crippen LogP contribution in [0.2, 0.25) is 5.02 Å². The molecule has 0 aromatic carbocycles. The molecule has 2 N–H and O–H groups in total. The standard InChI is InChI=1S/C15H22ClN5O2/c1-5-9(6-2)21-12-10(7-18-14(22)20(3)4)11(16)8-17-13(12)19-15(21)23/h8-9H,5-7H2,1-4H3,(H,18,22)(H,17,19,23). The highest BCUT2D eigenvalue weighted by molar-refractivity contribution is 6.32. The largest absolute Gasteiger partial charge is 0.334 e. The number of carbonyl (C=O) groups excluding carboxylic acids is 1. The minimum Gasteiger partial charge on any atom is -0.334 e. The fourth-order valence-electron chi connectivity index (χ4n) is 2.62. The topological polar surface area (TPSA) is 83.0 Å². The Balaban J connectivity index is 2.56. The predicted octanol–water partition coefficient (Wildman–Crippen LogP) is 2.51. The second-order valence-electron chi connectivity index (χ2n) is 5.61. The number of amides is 2. The second kappa shape index (κ2) is 7.04. The first kappa shape index (κ1) is 17.3. The Morgan fingerprint density at radius 2 is 2.09 bits per heavy atom. The fraction of sp³-hybridized carbons (Fsp3) is 0.533. The van der Waals surface area contributed by atoms with Gasteiger partial charge in [-0.25, -0.2) is 14.6 Å². The van der Waals surface area contributed by atoms with Crippen LogP contribution in [0.3, 0.4) is 0 Å². The van der Waals surface area contributed by atoms with Crippen molar-refractivity contribution < 1.29 is 4.79 Å². The summed E-state index contributed by atoms with van der Waals surface area (Å²) in [7, 11) is 3.32.